The van der Waals surface area contributed by atoms with Crippen LogP contribution in [0.25, 0.3) is 17.2 Å². The van der Waals surface area contributed by atoms with E-state index in [9.17, 15) is 48.5 Å². The zero-order valence-corrected chi connectivity index (χ0v) is 38.7. The van der Waals surface area contributed by atoms with E-state index in [2.05, 4.69) is 21.4 Å². The van der Waals surface area contributed by atoms with Gasteiger partial charge in [-0.2, -0.15) is 5.10 Å². The van der Waals surface area contributed by atoms with E-state index in [1.165, 1.54) is 12.2 Å². The molecule has 16 nitrogen and oxygen atoms in total. The molecule has 0 atom stereocenters. The third-order valence-corrected chi connectivity index (χ3v) is 10.8. The Hall–Kier alpha value is -2.83. The number of hydrazine groups is 1. The van der Waals surface area contributed by atoms with E-state index in [-0.39, 0.29) is 117 Å². The van der Waals surface area contributed by atoms with Crippen LogP contribution in [-0.4, -0.2) is 61.9 Å². The molecule has 22 heteroatoms. The zero-order chi connectivity index (χ0) is 38.6. The Labute approximate surface area is 388 Å². The normalized spacial score (nSPS) is 15.7. The molecule has 0 fully saturated rings. The second-order valence-corrected chi connectivity index (χ2v) is 15.9. The molecule has 0 radical (unpaired) electrons. The minimum atomic E-state index is -5.36. The largest absolute Gasteiger partial charge is 1.00 e. The second-order valence-electron chi connectivity index (χ2n) is 11.8. The first-order valence-corrected chi connectivity index (χ1v) is 19.3. The molecule has 0 saturated heterocycles. The SMILES string of the molecule is Cc1cc(-c2ccc(NNC3=C4C(=O)C=C(S(=O)(=O)[O-])C=C4C=CC3=N)c(C)c2)ccc1NN=C1C(=O)C=Cc2cc(S(=O)(=O)[O-])cc(S(=O)(=O)[O-])c21.[Na+].[Na+].[Na+]. The molecule has 272 valence electrons. The minimum Gasteiger partial charge on any atom is -0.744 e. The summed E-state index contributed by atoms with van der Waals surface area (Å²) in [6, 6.07) is 11.8. The van der Waals surface area contributed by atoms with Gasteiger partial charge in [0.05, 0.1) is 43.1 Å². The Morgan fingerprint density at radius 2 is 1.27 bits per heavy atom. The molecule has 0 saturated carbocycles. The fourth-order valence-electron chi connectivity index (χ4n) is 5.69. The van der Waals surface area contributed by atoms with Gasteiger partial charge in [0.2, 0.25) is 5.78 Å². The topological polar surface area (TPSA) is 278 Å². The van der Waals surface area contributed by atoms with E-state index in [4.69, 9.17) is 5.41 Å². The summed E-state index contributed by atoms with van der Waals surface area (Å²) in [7, 11) is -15.4. The van der Waals surface area contributed by atoms with Crippen molar-refractivity contribution in [2.45, 2.75) is 23.6 Å². The summed E-state index contributed by atoms with van der Waals surface area (Å²) in [5.41, 5.74) is 11.5. The van der Waals surface area contributed by atoms with Crippen LogP contribution in [-0.2, 0) is 39.9 Å². The molecule has 3 aliphatic rings. The van der Waals surface area contributed by atoms with Gasteiger partial charge in [-0.15, -0.1) is 0 Å². The van der Waals surface area contributed by atoms with Crippen molar-refractivity contribution < 1.29 is 137 Å². The quantitative estimate of drug-likeness (QED) is 0.0887. The molecular formula is C34H24N5Na3O11S3. The smallest absolute Gasteiger partial charge is 0.744 e. The molecule has 4 N–H and O–H groups in total. The maximum absolute atomic E-state index is 12.8. The number of carbonyl (C=O) groups excluding carboxylic acids is 2. The number of allylic oxidation sites excluding steroid dienone is 7. The van der Waals surface area contributed by atoms with Gasteiger partial charge >= 0.3 is 88.7 Å². The van der Waals surface area contributed by atoms with Crippen LogP contribution in [0, 0.1) is 19.3 Å². The minimum absolute atomic E-state index is 0. The Bertz CT molecular complexity index is 2760. The number of hydrogen-bond acceptors (Lipinski definition) is 16. The predicted octanol–water partition coefficient (Wildman–Crippen LogP) is -6.10. The van der Waals surface area contributed by atoms with E-state index in [0.29, 0.717) is 23.0 Å². The first-order chi connectivity index (χ1) is 24.7. The summed E-state index contributed by atoms with van der Waals surface area (Å²) >= 11 is 0. The van der Waals surface area contributed by atoms with Crippen LogP contribution < -0.4 is 105 Å². The Balaban J connectivity index is 0.00000280. The van der Waals surface area contributed by atoms with Crippen molar-refractivity contribution in [3.8, 4) is 11.1 Å². The number of benzene rings is 3. The molecule has 3 aromatic carbocycles. The number of carbonyl (C=O) groups is 2. The number of hydrazone groups is 1. The van der Waals surface area contributed by atoms with E-state index in [0.717, 1.165) is 47.1 Å². The summed E-state index contributed by atoms with van der Waals surface area (Å²) in [5, 5.41) is 12.4. The molecule has 0 aromatic heterocycles. The van der Waals surface area contributed by atoms with Gasteiger partial charge in [0.15, 0.2) is 5.78 Å². The van der Waals surface area contributed by atoms with Crippen LogP contribution in [0.2, 0.25) is 0 Å². The maximum Gasteiger partial charge on any atom is 1.00 e. The predicted molar refractivity (Wildman–Crippen MR) is 189 cm³/mol. The van der Waals surface area contributed by atoms with Crippen molar-refractivity contribution in [1.29, 1.82) is 5.41 Å². The maximum atomic E-state index is 12.8. The fraction of sp³-hybridized carbons (Fsp3) is 0.0588. The number of anilines is 2. The van der Waals surface area contributed by atoms with Gasteiger partial charge in [-0.05, 0) is 102 Å². The van der Waals surface area contributed by atoms with E-state index >= 15 is 0 Å². The number of ketones is 2. The van der Waals surface area contributed by atoms with Crippen LogP contribution in [0.15, 0.2) is 116 Å². The van der Waals surface area contributed by atoms with Crippen molar-refractivity contribution in [1.82, 2.24) is 5.43 Å². The molecule has 0 bridgehead atoms. The van der Waals surface area contributed by atoms with Crippen molar-refractivity contribution in [3.63, 3.8) is 0 Å². The summed E-state index contributed by atoms with van der Waals surface area (Å²) in [5.74, 6) is -1.53. The second kappa shape index (κ2) is 18.0. The number of fused-ring (bicyclic) bond motifs is 2. The Morgan fingerprint density at radius 1 is 0.661 bits per heavy atom. The van der Waals surface area contributed by atoms with Gasteiger partial charge < -0.3 is 19.1 Å². The molecule has 0 aliphatic heterocycles. The third-order valence-electron chi connectivity index (χ3n) is 8.29. The number of hydrogen-bond donors (Lipinski definition) is 4. The zero-order valence-electron chi connectivity index (χ0n) is 30.2. The van der Waals surface area contributed by atoms with Crippen LogP contribution in [0.3, 0.4) is 0 Å². The van der Waals surface area contributed by atoms with Gasteiger partial charge in [0, 0.05) is 11.6 Å². The van der Waals surface area contributed by atoms with E-state index in [1.807, 2.05) is 6.07 Å². The van der Waals surface area contributed by atoms with Crippen molar-refractivity contribution in [3.05, 3.63) is 123 Å². The first kappa shape index (κ1) is 47.5. The Morgan fingerprint density at radius 3 is 1.82 bits per heavy atom. The summed E-state index contributed by atoms with van der Waals surface area (Å²) in [6.07, 6.45) is 6.60. The van der Waals surface area contributed by atoms with Crippen LogP contribution in [0.5, 0.6) is 0 Å². The fourth-order valence-corrected chi connectivity index (χ4v) is 7.56. The van der Waals surface area contributed by atoms with Gasteiger partial charge in [-0.25, -0.2) is 25.3 Å². The van der Waals surface area contributed by atoms with E-state index < -0.39 is 67.9 Å². The van der Waals surface area contributed by atoms with Crippen LogP contribution >= 0.6 is 0 Å². The number of aryl methyl sites for hydroxylation is 2. The van der Waals surface area contributed by atoms with Crippen molar-refractivity contribution in [2.24, 2.45) is 5.10 Å². The average molecular weight is 844 g/mol. The monoisotopic (exact) mass is 843 g/mol. The number of nitrogens with zero attached hydrogens (tertiary/aromatic N) is 1. The van der Waals surface area contributed by atoms with Crippen LogP contribution in [0.4, 0.5) is 11.4 Å². The molecule has 0 heterocycles. The first-order valence-electron chi connectivity index (χ1n) is 15.1. The molecule has 6 rings (SSSR count). The van der Waals surface area contributed by atoms with Crippen LogP contribution in [0.1, 0.15) is 22.3 Å². The van der Waals surface area contributed by atoms with E-state index in [1.54, 1.807) is 44.2 Å². The molecule has 0 spiro atoms. The van der Waals surface area contributed by atoms with Gasteiger partial charge in [-0.3, -0.25) is 25.8 Å². The summed E-state index contributed by atoms with van der Waals surface area (Å²) in [6.45, 7) is 3.54. The summed E-state index contributed by atoms with van der Waals surface area (Å²) < 4.78 is 105. The standard InChI is InChI=1S/C34H27N5O11S3.3Na/c1-17-11-19(4-8-26(17)36-38-33-25(35)7-3-21-13-23(51(42,43)44)15-29(41)31(21)33)20-5-9-27(18(2)12-20)37-39-34-28(40)10-6-22-14-24(52(45,46)47)16-30(32(22)34)53(48,49)50;;;/h3-16,35-38H,1-2H3,(H,42,43,44)(H,45,46,47)(H,48,49,50);;;/q;3*+1/p-3. The molecule has 0 unspecified atom stereocenters. The van der Waals surface area contributed by atoms with Gasteiger partial charge in [0.1, 0.15) is 36.1 Å². The molecule has 3 aliphatic carbocycles. The molecular weight excluding hydrogens is 820 g/mol. The van der Waals surface area contributed by atoms with Gasteiger partial charge in [-0.1, -0.05) is 24.3 Å². The third kappa shape index (κ3) is 10.1. The van der Waals surface area contributed by atoms with Crippen molar-refractivity contribution in [2.75, 3.05) is 10.9 Å². The molecule has 0 amide bonds. The number of rotatable bonds is 9. The summed E-state index contributed by atoms with van der Waals surface area (Å²) in [4.78, 5) is 22.9. The number of nitrogens with one attached hydrogen (secondary N) is 4. The Kier molecular flexibility index (Phi) is 15.3. The molecule has 3 aromatic rings. The average Bonchev–Trinajstić information content (AvgIpc) is 3.06. The molecule has 56 heavy (non-hydrogen) atoms. The van der Waals surface area contributed by atoms with Gasteiger partial charge in [0.25, 0.3) is 0 Å². The van der Waals surface area contributed by atoms with Crippen molar-refractivity contribution >= 4 is 70.8 Å².